The van der Waals surface area contributed by atoms with E-state index in [-0.39, 0.29) is 12.5 Å². The second-order valence-electron chi connectivity index (χ2n) is 4.37. The molecule has 0 unspecified atom stereocenters. The zero-order valence-corrected chi connectivity index (χ0v) is 13.1. The van der Waals surface area contributed by atoms with Gasteiger partial charge in [0.25, 0.3) is 5.91 Å². The average Bonchev–Trinajstić information content (AvgIpc) is 2.89. The van der Waals surface area contributed by atoms with Crippen LogP contribution in [0.25, 0.3) is 0 Å². The molecule has 7 heteroatoms. The number of hydrogen-bond acceptors (Lipinski definition) is 4. The van der Waals surface area contributed by atoms with Gasteiger partial charge in [0.1, 0.15) is 17.9 Å². The number of nitrogens with zero attached hydrogens (tertiary/aromatic N) is 4. The van der Waals surface area contributed by atoms with Gasteiger partial charge in [-0.1, -0.05) is 0 Å². The summed E-state index contributed by atoms with van der Waals surface area (Å²) in [7, 11) is 0. The van der Waals surface area contributed by atoms with Gasteiger partial charge in [0.05, 0.1) is 12.2 Å². The minimum absolute atomic E-state index is 0.0633. The topological polar surface area (TPSA) is 60.2 Å². The molecule has 0 atom stereocenters. The summed E-state index contributed by atoms with van der Waals surface area (Å²) in [5, 5.41) is 4.13. The third kappa shape index (κ3) is 2.37. The van der Waals surface area contributed by atoms with Crippen LogP contribution >= 0.6 is 22.6 Å². The molecule has 0 radical (unpaired) electrons. The van der Waals surface area contributed by atoms with Gasteiger partial charge in [-0.2, -0.15) is 5.10 Å². The molecule has 1 aromatic heterocycles. The van der Waals surface area contributed by atoms with Gasteiger partial charge in [-0.05, 0) is 47.7 Å². The summed E-state index contributed by atoms with van der Waals surface area (Å²) in [6.07, 6.45) is 1.51. The Labute approximate surface area is 129 Å². The number of carbonyl (C=O) groups is 1. The van der Waals surface area contributed by atoms with E-state index < -0.39 is 0 Å². The highest BCUT2D eigenvalue weighted by Crippen LogP contribution is 2.34. The second kappa shape index (κ2) is 5.39. The van der Waals surface area contributed by atoms with Crippen LogP contribution in [0, 0.1) is 3.57 Å². The van der Waals surface area contributed by atoms with Crippen molar-refractivity contribution in [2.45, 2.75) is 20.0 Å². The molecule has 104 valence electrons. The number of amides is 1. The maximum absolute atomic E-state index is 12.1. The Balaban J connectivity index is 1.97. The van der Waals surface area contributed by atoms with E-state index in [2.05, 4.69) is 32.7 Å². The van der Waals surface area contributed by atoms with Gasteiger partial charge in [-0.25, -0.2) is 9.67 Å². The van der Waals surface area contributed by atoms with Crippen molar-refractivity contribution in [2.75, 3.05) is 11.5 Å². The standard InChI is InChI=1S/C13H13IN4O2/c1-2-18-12(15-8-16-18)6-17-10-5-9(14)3-4-11(10)20-7-13(17)19/h3-5,8H,2,6-7H2,1H3. The molecule has 0 bridgehead atoms. The minimum atomic E-state index is -0.0647. The van der Waals surface area contributed by atoms with Crippen LogP contribution in [0.3, 0.4) is 0 Å². The van der Waals surface area contributed by atoms with E-state index in [1.54, 1.807) is 9.58 Å². The molecule has 20 heavy (non-hydrogen) atoms. The zero-order chi connectivity index (χ0) is 14.1. The Morgan fingerprint density at radius 2 is 2.30 bits per heavy atom. The molecule has 2 aromatic rings. The summed E-state index contributed by atoms with van der Waals surface area (Å²) in [5.74, 6) is 1.44. The molecule has 1 aliphatic rings. The van der Waals surface area contributed by atoms with Crippen molar-refractivity contribution in [2.24, 2.45) is 0 Å². The minimum Gasteiger partial charge on any atom is -0.482 e. The van der Waals surface area contributed by atoms with Crippen molar-refractivity contribution in [1.82, 2.24) is 14.8 Å². The van der Waals surface area contributed by atoms with Crippen molar-refractivity contribution >= 4 is 34.2 Å². The number of ether oxygens (including phenoxy) is 1. The van der Waals surface area contributed by atoms with Crippen molar-refractivity contribution in [1.29, 1.82) is 0 Å². The van der Waals surface area contributed by atoms with Crippen molar-refractivity contribution in [3.8, 4) is 5.75 Å². The summed E-state index contributed by atoms with van der Waals surface area (Å²) < 4.78 is 8.30. The molecule has 0 saturated heterocycles. The van der Waals surface area contributed by atoms with Crippen LogP contribution in [0.2, 0.25) is 0 Å². The van der Waals surface area contributed by atoms with Crippen LogP contribution < -0.4 is 9.64 Å². The highest BCUT2D eigenvalue weighted by molar-refractivity contribution is 14.1. The third-order valence-corrected chi connectivity index (χ3v) is 3.83. The summed E-state index contributed by atoms with van der Waals surface area (Å²) in [5.41, 5.74) is 0.791. The number of rotatable bonds is 3. The first-order valence-electron chi connectivity index (χ1n) is 6.28. The second-order valence-corrected chi connectivity index (χ2v) is 5.62. The van der Waals surface area contributed by atoms with Gasteiger partial charge in [0.2, 0.25) is 0 Å². The number of halogens is 1. The van der Waals surface area contributed by atoms with Gasteiger partial charge in [0.15, 0.2) is 6.61 Å². The van der Waals surface area contributed by atoms with Crippen LogP contribution in [0.15, 0.2) is 24.5 Å². The number of aromatic nitrogens is 3. The number of aryl methyl sites for hydroxylation is 1. The first kappa shape index (κ1) is 13.3. The van der Waals surface area contributed by atoms with Crippen LogP contribution in [0.5, 0.6) is 5.75 Å². The van der Waals surface area contributed by atoms with E-state index in [9.17, 15) is 4.79 Å². The molecule has 6 nitrogen and oxygen atoms in total. The predicted molar refractivity (Wildman–Crippen MR) is 81.5 cm³/mol. The number of anilines is 1. The lowest BCUT2D eigenvalue weighted by molar-refractivity contribution is -0.121. The Morgan fingerprint density at radius 3 is 3.10 bits per heavy atom. The van der Waals surface area contributed by atoms with Crippen LogP contribution in [0.1, 0.15) is 12.7 Å². The Kier molecular flexibility index (Phi) is 3.60. The average molecular weight is 384 g/mol. The molecule has 0 N–H and O–H groups in total. The number of fused-ring (bicyclic) bond motifs is 1. The van der Waals surface area contributed by atoms with Gasteiger partial charge in [-0.15, -0.1) is 0 Å². The zero-order valence-electron chi connectivity index (χ0n) is 10.9. The van der Waals surface area contributed by atoms with Crippen molar-refractivity contribution in [3.05, 3.63) is 33.9 Å². The van der Waals surface area contributed by atoms with Crippen LogP contribution in [-0.4, -0.2) is 27.3 Å². The number of carbonyl (C=O) groups excluding carboxylic acids is 1. The highest BCUT2D eigenvalue weighted by atomic mass is 127. The lowest BCUT2D eigenvalue weighted by Crippen LogP contribution is -2.39. The molecular formula is C13H13IN4O2. The summed E-state index contributed by atoms with van der Waals surface area (Å²) in [6, 6.07) is 5.79. The monoisotopic (exact) mass is 384 g/mol. The Bertz CT molecular complexity index is 656. The SMILES string of the molecule is CCn1ncnc1CN1C(=O)COc2ccc(I)cc21. The van der Waals surface area contributed by atoms with Gasteiger partial charge < -0.3 is 4.74 Å². The van der Waals surface area contributed by atoms with Gasteiger partial charge in [0, 0.05) is 10.1 Å². The molecule has 0 aliphatic carbocycles. The lowest BCUT2D eigenvalue weighted by Gasteiger charge is -2.29. The quantitative estimate of drug-likeness (QED) is 0.758. The van der Waals surface area contributed by atoms with E-state index >= 15 is 0 Å². The molecular weight excluding hydrogens is 371 g/mol. The molecule has 1 aliphatic heterocycles. The predicted octanol–water partition coefficient (Wildman–Crippen LogP) is 1.83. The van der Waals surface area contributed by atoms with Crippen molar-refractivity contribution < 1.29 is 9.53 Å². The first-order chi connectivity index (χ1) is 9.69. The molecule has 0 spiro atoms. The molecule has 0 fully saturated rings. The fourth-order valence-corrected chi connectivity index (χ4v) is 2.64. The maximum atomic E-state index is 12.1. The summed E-state index contributed by atoms with van der Waals surface area (Å²) in [6.45, 7) is 3.19. The summed E-state index contributed by atoms with van der Waals surface area (Å²) >= 11 is 2.22. The van der Waals surface area contributed by atoms with Crippen molar-refractivity contribution in [3.63, 3.8) is 0 Å². The fourth-order valence-electron chi connectivity index (χ4n) is 2.16. The largest absolute Gasteiger partial charge is 0.482 e. The van der Waals surface area contributed by atoms with E-state index in [0.717, 1.165) is 27.4 Å². The van der Waals surface area contributed by atoms with Gasteiger partial charge in [-0.3, -0.25) is 9.69 Å². The van der Waals surface area contributed by atoms with E-state index in [0.29, 0.717) is 6.54 Å². The fraction of sp³-hybridized carbons (Fsp3) is 0.308. The first-order valence-corrected chi connectivity index (χ1v) is 7.36. The Hall–Kier alpha value is -1.64. The lowest BCUT2D eigenvalue weighted by atomic mass is 10.2. The van der Waals surface area contributed by atoms with E-state index in [1.807, 2.05) is 25.1 Å². The molecule has 1 aromatic carbocycles. The van der Waals surface area contributed by atoms with E-state index in [4.69, 9.17) is 4.74 Å². The maximum Gasteiger partial charge on any atom is 0.265 e. The molecule has 1 amide bonds. The normalized spacial score (nSPS) is 14.1. The Morgan fingerprint density at radius 1 is 1.45 bits per heavy atom. The van der Waals surface area contributed by atoms with Crippen LogP contribution in [-0.2, 0) is 17.9 Å². The third-order valence-electron chi connectivity index (χ3n) is 3.16. The number of hydrogen-bond donors (Lipinski definition) is 0. The van der Waals surface area contributed by atoms with Gasteiger partial charge >= 0.3 is 0 Å². The van der Waals surface area contributed by atoms with Crippen LogP contribution in [0.4, 0.5) is 5.69 Å². The number of benzene rings is 1. The highest BCUT2D eigenvalue weighted by Gasteiger charge is 2.27. The smallest absolute Gasteiger partial charge is 0.265 e. The molecule has 3 rings (SSSR count). The molecule has 2 heterocycles. The van der Waals surface area contributed by atoms with E-state index in [1.165, 1.54) is 6.33 Å². The molecule has 0 saturated carbocycles. The summed E-state index contributed by atoms with van der Waals surface area (Å²) in [4.78, 5) is 18.1.